The van der Waals surface area contributed by atoms with Crippen molar-refractivity contribution in [3.05, 3.63) is 60.3 Å². The average molecular weight is 465 g/mol. The van der Waals surface area contributed by atoms with E-state index in [0.29, 0.717) is 43.3 Å². The number of aromatic nitrogens is 5. The van der Waals surface area contributed by atoms with Gasteiger partial charge in [-0.1, -0.05) is 6.07 Å². The SMILES string of the molecule is COCCOc1cc(-c2cccc([C@@H](N)CCCO)n2)cc2c1cnn2-c1cncc(CO)n1. The van der Waals surface area contributed by atoms with E-state index in [0.717, 1.165) is 27.9 Å². The van der Waals surface area contributed by atoms with Crippen molar-refractivity contribution in [3.8, 4) is 22.8 Å². The molecule has 4 aromatic rings. The number of aliphatic hydroxyl groups excluding tert-OH is 2. The van der Waals surface area contributed by atoms with E-state index in [9.17, 15) is 5.11 Å². The third-order valence-corrected chi connectivity index (χ3v) is 5.37. The number of nitrogens with zero attached hydrogens (tertiary/aromatic N) is 5. The first-order valence-electron chi connectivity index (χ1n) is 11.0. The van der Waals surface area contributed by atoms with Crippen molar-refractivity contribution < 1.29 is 19.7 Å². The van der Waals surface area contributed by atoms with E-state index < -0.39 is 0 Å². The molecule has 4 rings (SSSR count). The molecule has 0 radical (unpaired) electrons. The normalized spacial score (nSPS) is 12.2. The molecule has 178 valence electrons. The highest BCUT2D eigenvalue weighted by Crippen LogP contribution is 2.33. The van der Waals surface area contributed by atoms with Crippen LogP contribution < -0.4 is 10.5 Å². The predicted octanol–water partition coefficient (Wildman–Crippen LogP) is 2.17. The van der Waals surface area contributed by atoms with Gasteiger partial charge in [-0.2, -0.15) is 5.10 Å². The second-order valence-corrected chi connectivity index (χ2v) is 7.75. The van der Waals surface area contributed by atoms with Crippen molar-refractivity contribution >= 4 is 10.9 Å². The standard InChI is InChI=1S/C24H28N6O4/c1-33-8-9-34-23-11-16(20-5-2-6-21(29-20)19(25)4-3-7-31)10-22-18(23)13-27-30(22)24-14-26-12-17(15-32)28-24/h2,5-6,10-14,19,31-32H,3-4,7-9,15,25H2,1H3/t19-/m0/s1. The van der Waals surface area contributed by atoms with Crippen molar-refractivity contribution in [1.82, 2.24) is 24.7 Å². The number of nitrogens with two attached hydrogens (primary N) is 1. The summed E-state index contributed by atoms with van der Waals surface area (Å²) in [5.74, 6) is 1.12. The molecule has 1 aromatic carbocycles. The zero-order valence-corrected chi connectivity index (χ0v) is 19.0. The van der Waals surface area contributed by atoms with E-state index in [1.54, 1.807) is 24.2 Å². The fraction of sp³-hybridized carbons (Fsp3) is 0.333. The molecule has 0 aliphatic heterocycles. The molecule has 0 spiro atoms. The Hall–Kier alpha value is -3.44. The fourth-order valence-electron chi connectivity index (χ4n) is 3.63. The molecule has 0 aliphatic carbocycles. The van der Waals surface area contributed by atoms with Crippen molar-refractivity contribution in [2.75, 3.05) is 26.9 Å². The van der Waals surface area contributed by atoms with Crippen LogP contribution in [0.4, 0.5) is 0 Å². The lowest BCUT2D eigenvalue weighted by Crippen LogP contribution is -2.12. The van der Waals surface area contributed by atoms with Gasteiger partial charge in [-0.05, 0) is 37.1 Å². The number of benzene rings is 1. The Balaban J connectivity index is 1.80. The summed E-state index contributed by atoms with van der Waals surface area (Å²) in [6.07, 6.45) is 6.06. The third kappa shape index (κ3) is 5.20. The Bertz CT molecular complexity index is 1250. The maximum atomic E-state index is 9.46. The highest BCUT2D eigenvalue weighted by atomic mass is 16.5. The van der Waals surface area contributed by atoms with Crippen LogP contribution in [0, 0.1) is 0 Å². The van der Waals surface area contributed by atoms with Gasteiger partial charge in [0.15, 0.2) is 5.82 Å². The van der Waals surface area contributed by atoms with E-state index in [-0.39, 0.29) is 19.3 Å². The number of hydrogen-bond donors (Lipinski definition) is 3. The second kappa shape index (κ2) is 11.1. The Morgan fingerprint density at radius 3 is 2.76 bits per heavy atom. The molecule has 0 saturated carbocycles. The lowest BCUT2D eigenvalue weighted by Gasteiger charge is -2.13. The molecule has 3 heterocycles. The average Bonchev–Trinajstić information content (AvgIpc) is 3.32. The first-order chi connectivity index (χ1) is 16.6. The first-order valence-corrected chi connectivity index (χ1v) is 11.0. The van der Waals surface area contributed by atoms with Crippen LogP contribution in [0.25, 0.3) is 28.0 Å². The summed E-state index contributed by atoms with van der Waals surface area (Å²) >= 11 is 0. The lowest BCUT2D eigenvalue weighted by atomic mass is 10.0. The van der Waals surface area contributed by atoms with Crippen LogP contribution in [-0.4, -0.2) is 61.9 Å². The molecule has 10 heteroatoms. The monoisotopic (exact) mass is 464 g/mol. The first kappa shape index (κ1) is 23.7. The minimum Gasteiger partial charge on any atom is -0.490 e. The van der Waals surface area contributed by atoms with Gasteiger partial charge in [-0.15, -0.1) is 0 Å². The number of methoxy groups -OCH3 is 1. The number of fused-ring (bicyclic) bond motifs is 1. The van der Waals surface area contributed by atoms with Crippen LogP contribution in [0.1, 0.15) is 30.3 Å². The van der Waals surface area contributed by atoms with Gasteiger partial charge in [0.05, 0.1) is 59.8 Å². The van der Waals surface area contributed by atoms with Gasteiger partial charge >= 0.3 is 0 Å². The zero-order valence-electron chi connectivity index (χ0n) is 19.0. The van der Waals surface area contributed by atoms with E-state index in [4.69, 9.17) is 25.3 Å². The molecule has 10 nitrogen and oxygen atoms in total. The van der Waals surface area contributed by atoms with Gasteiger partial charge < -0.3 is 25.4 Å². The van der Waals surface area contributed by atoms with E-state index in [1.807, 2.05) is 30.3 Å². The van der Waals surface area contributed by atoms with Gasteiger partial charge in [-0.3, -0.25) is 9.97 Å². The molecule has 0 aliphatic rings. The quantitative estimate of drug-likeness (QED) is 0.285. The van der Waals surface area contributed by atoms with Crippen LogP contribution >= 0.6 is 0 Å². The molecular weight excluding hydrogens is 436 g/mol. The molecule has 3 aromatic heterocycles. The molecule has 0 saturated heterocycles. The number of hydrogen-bond acceptors (Lipinski definition) is 9. The number of ether oxygens (including phenoxy) is 2. The van der Waals surface area contributed by atoms with Crippen LogP contribution in [0.2, 0.25) is 0 Å². The Morgan fingerprint density at radius 1 is 1.09 bits per heavy atom. The van der Waals surface area contributed by atoms with E-state index >= 15 is 0 Å². The van der Waals surface area contributed by atoms with Crippen LogP contribution in [0.3, 0.4) is 0 Å². The summed E-state index contributed by atoms with van der Waals surface area (Å²) in [5.41, 5.74) is 9.79. The van der Waals surface area contributed by atoms with Crippen LogP contribution in [0.15, 0.2) is 48.9 Å². The Morgan fingerprint density at radius 2 is 1.97 bits per heavy atom. The van der Waals surface area contributed by atoms with Crippen molar-refractivity contribution in [1.29, 1.82) is 0 Å². The van der Waals surface area contributed by atoms with Gasteiger partial charge in [-0.25, -0.2) is 9.67 Å². The summed E-state index contributed by atoms with van der Waals surface area (Å²) in [6, 6.07) is 9.33. The molecule has 0 fully saturated rings. The predicted molar refractivity (Wildman–Crippen MR) is 126 cm³/mol. The minimum absolute atomic E-state index is 0.0938. The maximum absolute atomic E-state index is 9.46. The summed E-state index contributed by atoms with van der Waals surface area (Å²) in [6.45, 7) is 0.692. The number of pyridine rings is 1. The van der Waals surface area contributed by atoms with Gasteiger partial charge in [0, 0.05) is 25.3 Å². The lowest BCUT2D eigenvalue weighted by molar-refractivity contribution is 0.147. The van der Waals surface area contributed by atoms with E-state index in [1.165, 1.54) is 6.20 Å². The topological polar surface area (TPSA) is 141 Å². The molecule has 1 atom stereocenters. The number of aliphatic hydroxyl groups is 2. The summed E-state index contributed by atoms with van der Waals surface area (Å²) in [5, 5.41) is 23.9. The number of rotatable bonds is 11. The van der Waals surface area contributed by atoms with Gasteiger partial charge in [0.2, 0.25) is 0 Å². The van der Waals surface area contributed by atoms with Crippen molar-refractivity contribution in [2.45, 2.75) is 25.5 Å². The van der Waals surface area contributed by atoms with Crippen LogP contribution in [-0.2, 0) is 11.3 Å². The minimum atomic E-state index is -0.268. The van der Waals surface area contributed by atoms with Crippen molar-refractivity contribution in [2.24, 2.45) is 5.73 Å². The fourth-order valence-corrected chi connectivity index (χ4v) is 3.63. The summed E-state index contributed by atoms with van der Waals surface area (Å²) in [4.78, 5) is 13.4. The summed E-state index contributed by atoms with van der Waals surface area (Å²) in [7, 11) is 1.62. The molecule has 34 heavy (non-hydrogen) atoms. The van der Waals surface area contributed by atoms with E-state index in [2.05, 4.69) is 15.1 Å². The third-order valence-electron chi connectivity index (χ3n) is 5.37. The Labute approximate surface area is 197 Å². The van der Waals surface area contributed by atoms with Crippen molar-refractivity contribution in [3.63, 3.8) is 0 Å². The maximum Gasteiger partial charge on any atom is 0.172 e. The summed E-state index contributed by atoms with van der Waals surface area (Å²) < 4.78 is 12.8. The largest absolute Gasteiger partial charge is 0.490 e. The second-order valence-electron chi connectivity index (χ2n) is 7.75. The van der Waals surface area contributed by atoms with Gasteiger partial charge in [0.25, 0.3) is 0 Å². The Kier molecular flexibility index (Phi) is 7.76. The molecule has 0 bridgehead atoms. The highest BCUT2D eigenvalue weighted by Gasteiger charge is 2.16. The molecule has 0 amide bonds. The smallest absolute Gasteiger partial charge is 0.172 e. The highest BCUT2D eigenvalue weighted by molar-refractivity contribution is 5.90. The molecule has 4 N–H and O–H groups in total. The van der Waals surface area contributed by atoms with Crippen LogP contribution in [0.5, 0.6) is 5.75 Å². The zero-order chi connectivity index (χ0) is 23.9. The van der Waals surface area contributed by atoms with Gasteiger partial charge in [0.1, 0.15) is 12.4 Å². The molecular formula is C24H28N6O4. The molecule has 0 unspecified atom stereocenters.